The van der Waals surface area contributed by atoms with Crippen LogP contribution in [0.15, 0.2) is 36.4 Å². The zero-order chi connectivity index (χ0) is 15.6. The van der Waals surface area contributed by atoms with E-state index in [9.17, 15) is 12.8 Å². The van der Waals surface area contributed by atoms with Gasteiger partial charge in [0.1, 0.15) is 11.6 Å². The van der Waals surface area contributed by atoms with Gasteiger partial charge in [0.2, 0.25) is 10.0 Å². The Hall–Kier alpha value is -1.79. The molecule has 0 saturated carbocycles. The summed E-state index contributed by atoms with van der Waals surface area (Å²) in [6.45, 7) is 0. The second-order valence-corrected chi connectivity index (χ2v) is 6.57. The Morgan fingerprint density at radius 2 is 1.95 bits per heavy atom. The normalized spacial score (nSPS) is 11.2. The number of hydrogen-bond donors (Lipinski definition) is 1. The summed E-state index contributed by atoms with van der Waals surface area (Å²) in [5, 5.41) is 0.192. The van der Waals surface area contributed by atoms with Crippen LogP contribution in [0.2, 0.25) is 5.02 Å². The second kappa shape index (κ2) is 5.91. The first kappa shape index (κ1) is 15.6. The third kappa shape index (κ3) is 3.86. The van der Waals surface area contributed by atoms with E-state index in [-0.39, 0.29) is 10.7 Å². The third-order valence-electron chi connectivity index (χ3n) is 2.72. The van der Waals surface area contributed by atoms with E-state index in [2.05, 4.69) is 4.72 Å². The van der Waals surface area contributed by atoms with Crippen molar-refractivity contribution in [2.45, 2.75) is 0 Å². The molecular weight excluding hydrogens is 317 g/mol. The van der Waals surface area contributed by atoms with Crippen molar-refractivity contribution in [1.82, 2.24) is 0 Å². The Labute approximate surface area is 127 Å². The van der Waals surface area contributed by atoms with Crippen molar-refractivity contribution in [2.75, 3.05) is 18.1 Å². The van der Waals surface area contributed by atoms with Gasteiger partial charge >= 0.3 is 0 Å². The molecule has 7 heteroatoms. The van der Waals surface area contributed by atoms with Crippen LogP contribution in [0.3, 0.4) is 0 Å². The van der Waals surface area contributed by atoms with Gasteiger partial charge in [-0.25, -0.2) is 12.8 Å². The molecule has 0 amide bonds. The highest BCUT2D eigenvalue weighted by atomic mass is 35.5. The molecule has 4 nitrogen and oxygen atoms in total. The van der Waals surface area contributed by atoms with Crippen LogP contribution in [-0.4, -0.2) is 21.8 Å². The monoisotopic (exact) mass is 329 g/mol. The predicted molar refractivity (Wildman–Crippen MR) is 81.9 cm³/mol. The van der Waals surface area contributed by atoms with Gasteiger partial charge < -0.3 is 4.74 Å². The summed E-state index contributed by atoms with van der Waals surface area (Å²) >= 11 is 6.02. The Kier molecular flexibility index (Phi) is 4.39. The number of methoxy groups -OCH3 is 1. The largest absolute Gasteiger partial charge is 0.496 e. The van der Waals surface area contributed by atoms with Crippen LogP contribution >= 0.6 is 11.6 Å². The van der Waals surface area contributed by atoms with Gasteiger partial charge in [-0.05, 0) is 23.8 Å². The van der Waals surface area contributed by atoms with Crippen molar-refractivity contribution in [3.8, 4) is 16.9 Å². The minimum absolute atomic E-state index is 0.192. The Bertz CT molecular complexity index is 778. The van der Waals surface area contributed by atoms with Crippen molar-refractivity contribution in [2.24, 2.45) is 0 Å². The molecule has 0 aliphatic carbocycles. The molecule has 0 saturated heterocycles. The lowest BCUT2D eigenvalue weighted by atomic mass is 10.0. The number of ether oxygens (including phenoxy) is 1. The van der Waals surface area contributed by atoms with Crippen LogP contribution in [-0.2, 0) is 10.0 Å². The number of anilines is 1. The number of benzene rings is 2. The molecule has 0 atom stereocenters. The highest BCUT2D eigenvalue weighted by Gasteiger charge is 2.14. The number of rotatable bonds is 4. The van der Waals surface area contributed by atoms with Crippen molar-refractivity contribution >= 4 is 27.3 Å². The number of halogens is 2. The highest BCUT2D eigenvalue weighted by Crippen LogP contribution is 2.37. The lowest BCUT2D eigenvalue weighted by molar-refractivity contribution is 0.416. The van der Waals surface area contributed by atoms with E-state index >= 15 is 0 Å². The molecule has 0 aromatic heterocycles. The maximum absolute atomic E-state index is 13.4. The minimum atomic E-state index is -3.48. The summed E-state index contributed by atoms with van der Waals surface area (Å²) in [5.74, 6) is 0.0202. The fourth-order valence-corrected chi connectivity index (χ4v) is 2.71. The van der Waals surface area contributed by atoms with Gasteiger partial charge in [-0.15, -0.1) is 0 Å². The molecule has 1 N–H and O–H groups in total. The van der Waals surface area contributed by atoms with Crippen molar-refractivity contribution in [3.63, 3.8) is 0 Å². The molecule has 2 aromatic rings. The van der Waals surface area contributed by atoms with Gasteiger partial charge in [-0.3, -0.25) is 4.72 Å². The Morgan fingerprint density at radius 3 is 2.52 bits per heavy atom. The summed E-state index contributed by atoms with van der Waals surface area (Å²) in [6, 6.07) is 8.89. The molecule has 0 fully saturated rings. The van der Waals surface area contributed by atoms with Crippen molar-refractivity contribution in [1.29, 1.82) is 0 Å². The first-order valence-electron chi connectivity index (χ1n) is 5.91. The van der Waals surface area contributed by atoms with E-state index in [0.29, 0.717) is 16.9 Å². The summed E-state index contributed by atoms with van der Waals surface area (Å²) in [5.41, 5.74) is 1.30. The lowest BCUT2D eigenvalue weighted by Crippen LogP contribution is -2.10. The molecule has 21 heavy (non-hydrogen) atoms. The average Bonchev–Trinajstić information content (AvgIpc) is 2.39. The molecule has 0 radical (unpaired) electrons. The van der Waals surface area contributed by atoms with Crippen LogP contribution in [0.5, 0.6) is 5.75 Å². The number of sulfonamides is 1. The van der Waals surface area contributed by atoms with E-state index in [0.717, 1.165) is 6.26 Å². The molecule has 0 aliphatic heterocycles. The van der Waals surface area contributed by atoms with E-state index in [1.807, 2.05) is 0 Å². The van der Waals surface area contributed by atoms with Gasteiger partial charge in [0, 0.05) is 11.6 Å². The molecule has 0 heterocycles. The fourth-order valence-electron chi connectivity index (χ4n) is 1.88. The SMILES string of the molecule is COc1cc(Cl)c(NS(C)(=O)=O)cc1-c1cccc(F)c1. The summed E-state index contributed by atoms with van der Waals surface area (Å²) < 4.78 is 43.6. The fraction of sp³-hybridized carbons (Fsp3) is 0.143. The third-order valence-corrected chi connectivity index (χ3v) is 3.62. The van der Waals surface area contributed by atoms with Crippen LogP contribution in [0.4, 0.5) is 10.1 Å². The average molecular weight is 330 g/mol. The summed E-state index contributed by atoms with van der Waals surface area (Å²) in [7, 11) is -2.02. The standard InChI is InChI=1S/C14H13ClFNO3S/c1-20-14-8-12(15)13(17-21(2,18)19)7-11(14)9-4-3-5-10(16)6-9/h3-8,17H,1-2H3. The molecule has 0 spiro atoms. The first-order chi connectivity index (χ1) is 9.80. The molecule has 112 valence electrons. The number of hydrogen-bond acceptors (Lipinski definition) is 3. The zero-order valence-corrected chi connectivity index (χ0v) is 12.9. The van der Waals surface area contributed by atoms with Crippen molar-refractivity contribution in [3.05, 3.63) is 47.2 Å². The van der Waals surface area contributed by atoms with E-state index < -0.39 is 15.8 Å². The van der Waals surface area contributed by atoms with Crippen LogP contribution in [0.1, 0.15) is 0 Å². The topological polar surface area (TPSA) is 55.4 Å². The summed E-state index contributed by atoms with van der Waals surface area (Å²) in [6.07, 6.45) is 1.02. The maximum Gasteiger partial charge on any atom is 0.229 e. The second-order valence-electron chi connectivity index (χ2n) is 4.42. The van der Waals surface area contributed by atoms with Gasteiger partial charge in [0.15, 0.2) is 0 Å². The molecule has 2 aromatic carbocycles. The molecule has 0 unspecified atom stereocenters. The maximum atomic E-state index is 13.4. The van der Waals surface area contributed by atoms with Crippen LogP contribution in [0, 0.1) is 5.82 Å². The van der Waals surface area contributed by atoms with E-state index in [1.54, 1.807) is 12.1 Å². The molecule has 2 rings (SSSR count). The predicted octanol–water partition coefficient (Wildman–Crippen LogP) is 3.53. The van der Waals surface area contributed by atoms with E-state index in [4.69, 9.17) is 16.3 Å². The quantitative estimate of drug-likeness (QED) is 0.933. The van der Waals surface area contributed by atoms with Gasteiger partial charge in [-0.1, -0.05) is 23.7 Å². The molecule has 0 aliphatic rings. The Balaban J connectivity index is 2.61. The van der Waals surface area contributed by atoms with Crippen molar-refractivity contribution < 1.29 is 17.5 Å². The van der Waals surface area contributed by atoms with E-state index in [1.165, 1.54) is 31.4 Å². The lowest BCUT2D eigenvalue weighted by Gasteiger charge is -2.13. The highest BCUT2D eigenvalue weighted by molar-refractivity contribution is 7.92. The zero-order valence-electron chi connectivity index (χ0n) is 11.4. The Morgan fingerprint density at radius 1 is 1.24 bits per heavy atom. The van der Waals surface area contributed by atoms with Crippen LogP contribution in [0.25, 0.3) is 11.1 Å². The molecular formula is C14H13ClFNO3S. The summed E-state index contributed by atoms with van der Waals surface area (Å²) in [4.78, 5) is 0. The molecule has 0 bridgehead atoms. The van der Waals surface area contributed by atoms with Gasteiger partial charge in [0.05, 0.1) is 24.1 Å². The first-order valence-corrected chi connectivity index (χ1v) is 8.18. The number of nitrogens with one attached hydrogen (secondary N) is 1. The van der Waals surface area contributed by atoms with Gasteiger partial charge in [0.25, 0.3) is 0 Å². The smallest absolute Gasteiger partial charge is 0.229 e. The van der Waals surface area contributed by atoms with Crippen LogP contribution < -0.4 is 9.46 Å². The minimum Gasteiger partial charge on any atom is -0.496 e. The van der Waals surface area contributed by atoms with Gasteiger partial charge in [-0.2, -0.15) is 0 Å².